The molecule has 1 saturated carbocycles. The third-order valence-electron chi connectivity index (χ3n) is 2.87. The molecule has 1 fully saturated rings. The van der Waals surface area contributed by atoms with Crippen molar-refractivity contribution in [1.29, 1.82) is 0 Å². The van der Waals surface area contributed by atoms with E-state index in [0.29, 0.717) is 5.57 Å². The first-order valence-electron chi connectivity index (χ1n) is 5.57. The Morgan fingerprint density at radius 1 is 1.61 bits per heavy atom. The van der Waals surface area contributed by atoms with Gasteiger partial charge in [0.2, 0.25) is 0 Å². The molecule has 1 amide bonds. The molecule has 4 nitrogen and oxygen atoms in total. The summed E-state index contributed by atoms with van der Waals surface area (Å²) in [6, 6.07) is 0. The molecule has 0 aliphatic heterocycles. The number of amides is 1. The van der Waals surface area contributed by atoms with Crippen molar-refractivity contribution in [2.75, 3.05) is 19.8 Å². The van der Waals surface area contributed by atoms with Crippen molar-refractivity contribution in [2.24, 2.45) is 10.3 Å². The van der Waals surface area contributed by atoms with Crippen LogP contribution in [0.4, 0.5) is 4.39 Å². The highest BCUT2D eigenvalue weighted by Gasteiger charge is 2.28. The molecule has 1 aliphatic rings. The predicted octanol–water partition coefficient (Wildman–Crippen LogP) is 1.74. The Morgan fingerprint density at radius 3 is 2.61 bits per heavy atom. The molecule has 0 bridgehead atoms. The minimum atomic E-state index is -2.96. The van der Waals surface area contributed by atoms with Gasteiger partial charge in [0.05, 0.1) is 6.54 Å². The molecule has 0 radical (unpaired) electrons. The lowest BCUT2D eigenvalue weighted by atomic mass is 10.2. The summed E-state index contributed by atoms with van der Waals surface area (Å²) in [6.45, 7) is 1.65. The van der Waals surface area contributed by atoms with E-state index in [1.807, 2.05) is 0 Å². The summed E-state index contributed by atoms with van der Waals surface area (Å²) >= 11 is 0. The van der Waals surface area contributed by atoms with Crippen molar-refractivity contribution >= 4 is 15.8 Å². The molecule has 0 aromatic rings. The average Bonchev–Trinajstić information content (AvgIpc) is 3.10. The van der Waals surface area contributed by atoms with Crippen LogP contribution < -0.4 is 0 Å². The molecule has 1 unspecified atom stereocenters. The summed E-state index contributed by atoms with van der Waals surface area (Å²) in [4.78, 5) is 11.6. The Bertz CT molecular complexity index is 535. The molecule has 0 heterocycles. The van der Waals surface area contributed by atoms with E-state index in [-0.39, 0.29) is 12.5 Å². The zero-order chi connectivity index (χ0) is 13.9. The Hall–Kier alpha value is -1.19. The van der Waals surface area contributed by atoms with Crippen LogP contribution in [0.5, 0.6) is 0 Å². The number of carbonyl (C=O) groups excluding carboxylic acids is 1. The maximum atomic E-state index is 13.7. The van der Waals surface area contributed by atoms with Gasteiger partial charge >= 0.3 is 5.91 Å². The fourth-order valence-electron chi connectivity index (χ4n) is 1.38. The second-order valence-electron chi connectivity index (χ2n) is 4.42. The van der Waals surface area contributed by atoms with E-state index >= 15 is 0 Å². The lowest BCUT2D eigenvalue weighted by Gasteiger charge is -2.14. The number of terminal acetylenes is 1. The quantitative estimate of drug-likeness (QED) is 0.578. The monoisotopic (exact) mass is 272 g/mol. The summed E-state index contributed by atoms with van der Waals surface area (Å²) < 4.78 is 30.5. The first-order valence-corrected chi connectivity index (χ1v) is 7.45. The smallest absolute Gasteiger partial charge is 0.263 e. The van der Waals surface area contributed by atoms with Gasteiger partial charge in [0, 0.05) is 13.3 Å². The largest absolute Gasteiger partial charge is 0.314 e. The standard InChI is InChI=1S/C12H17FN2O2S/c1-5-8-15(3)18(4,17)14-12(16)11(13)9(2)10-6-7-10/h1,10H,6-8H2,2-4H3. The van der Waals surface area contributed by atoms with Gasteiger partial charge in [0.15, 0.2) is 5.83 Å². The van der Waals surface area contributed by atoms with Crippen molar-refractivity contribution < 1.29 is 13.4 Å². The lowest BCUT2D eigenvalue weighted by Crippen LogP contribution is -2.26. The summed E-state index contributed by atoms with van der Waals surface area (Å²) in [5, 5.41) is 0. The summed E-state index contributed by atoms with van der Waals surface area (Å²) in [6.07, 6.45) is 8.14. The van der Waals surface area contributed by atoms with Gasteiger partial charge < -0.3 is 0 Å². The highest BCUT2D eigenvalue weighted by atomic mass is 32.2. The molecule has 1 rings (SSSR count). The molecule has 1 atom stereocenters. The van der Waals surface area contributed by atoms with E-state index < -0.39 is 21.6 Å². The van der Waals surface area contributed by atoms with Crippen LogP contribution in [0.25, 0.3) is 0 Å². The molecular weight excluding hydrogens is 255 g/mol. The summed E-state index contributed by atoms with van der Waals surface area (Å²) in [5.74, 6) is 0.489. The number of allylic oxidation sites excluding steroid dienone is 1. The highest BCUT2D eigenvalue weighted by Crippen LogP contribution is 2.38. The van der Waals surface area contributed by atoms with Crippen molar-refractivity contribution in [3.8, 4) is 12.3 Å². The van der Waals surface area contributed by atoms with E-state index in [9.17, 15) is 13.4 Å². The molecule has 0 aromatic carbocycles. The van der Waals surface area contributed by atoms with E-state index in [1.54, 1.807) is 6.92 Å². The molecule has 6 heteroatoms. The van der Waals surface area contributed by atoms with Gasteiger partial charge in [0.1, 0.15) is 9.92 Å². The zero-order valence-corrected chi connectivity index (χ0v) is 11.6. The van der Waals surface area contributed by atoms with Gasteiger partial charge in [-0.25, -0.2) is 12.9 Å². The van der Waals surface area contributed by atoms with Crippen molar-refractivity contribution in [1.82, 2.24) is 4.31 Å². The molecule has 100 valence electrons. The topological polar surface area (TPSA) is 49.7 Å². The Morgan fingerprint density at radius 2 is 2.17 bits per heavy atom. The van der Waals surface area contributed by atoms with Crippen LogP contribution in [0.15, 0.2) is 15.8 Å². The van der Waals surface area contributed by atoms with Crippen LogP contribution in [0.2, 0.25) is 0 Å². The normalized spacial score (nSPS) is 19.8. The van der Waals surface area contributed by atoms with E-state index in [1.165, 1.54) is 17.6 Å². The van der Waals surface area contributed by atoms with Gasteiger partial charge in [0.25, 0.3) is 0 Å². The van der Waals surface area contributed by atoms with Crippen LogP contribution in [0, 0.1) is 18.3 Å². The number of rotatable bonds is 4. The number of nitrogens with zero attached hydrogens (tertiary/aromatic N) is 2. The number of carbonyl (C=O) groups is 1. The SMILES string of the molecule is C#CCN(C)S(C)(=O)=NC(=O)C(F)=C(C)C1CC1. The predicted molar refractivity (Wildman–Crippen MR) is 69.5 cm³/mol. The highest BCUT2D eigenvalue weighted by molar-refractivity contribution is 7.90. The molecule has 0 N–H and O–H groups in total. The summed E-state index contributed by atoms with van der Waals surface area (Å²) in [5.41, 5.74) is 0.401. The zero-order valence-electron chi connectivity index (χ0n) is 10.8. The molecule has 0 spiro atoms. The van der Waals surface area contributed by atoms with Crippen LogP contribution in [0.1, 0.15) is 19.8 Å². The minimum absolute atomic E-state index is 0.0824. The van der Waals surface area contributed by atoms with E-state index in [4.69, 9.17) is 6.42 Å². The van der Waals surface area contributed by atoms with E-state index in [2.05, 4.69) is 10.3 Å². The van der Waals surface area contributed by atoms with Crippen LogP contribution in [-0.2, 0) is 14.7 Å². The minimum Gasteiger partial charge on any atom is -0.263 e. The lowest BCUT2D eigenvalue weighted by molar-refractivity contribution is -0.115. The van der Waals surface area contributed by atoms with Gasteiger partial charge in [-0.2, -0.15) is 0 Å². The molecule has 0 aromatic heterocycles. The Balaban J connectivity index is 2.95. The van der Waals surface area contributed by atoms with Crippen molar-refractivity contribution in [3.63, 3.8) is 0 Å². The van der Waals surface area contributed by atoms with Gasteiger partial charge in [-0.05, 0) is 31.3 Å². The second kappa shape index (κ2) is 5.63. The van der Waals surface area contributed by atoms with Gasteiger partial charge in [-0.3, -0.25) is 4.79 Å². The molecular formula is C12H17FN2O2S. The molecule has 0 saturated heterocycles. The molecule has 18 heavy (non-hydrogen) atoms. The maximum Gasteiger partial charge on any atom is 0.314 e. The molecule has 1 aliphatic carbocycles. The van der Waals surface area contributed by atoms with Crippen LogP contribution in [-0.4, -0.2) is 34.3 Å². The number of halogens is 1. The number of hydrogen-bond acceptors (Lipinski definition) is 2. The third kappa shape index (κ3) is 3.65. The Labute approximate surface area is 108 Å². The van der Waals surface area contributed by atoms with Crippen molar-refractivity contribution in [3.05, 3.63) is 11.4 Å². The fourth-order valence-corrected chi connectivity index (χ4v) is 2.22. The average molecular weight is 272 g/mol. The van der Waals surface area contributed by atoms with Gasteiger partial charge in [-0.1, -0.05) is 5.92 Å². The Kier molecular flexibility index (Phi) is 4.65. The van der Waals surface area contributed by atoms with E-state index in [0.717, 1.165) is 12.8 Å². The van der Waals surface area contributed by atoms with Crippen LogP contribution in [0.3, 0.4) is 0 Å². The van der Waals surface area contributed by atoms with Gasteiger partial charge in [-0.15, -0.1) is 10.8 Å². The summed E-state index contributed by atoms with van der Waals surface area (Å²) in [7, 11) is -1.48. The third-order valence-corrected chi connectivity index (χ3v) is 4.66. The first-order chi connectivity index (χ1) is 8.29. The van der Waals surface area contributed by atoms with Crippen LogP contribution >= 0.6 is 0 Å². The number of hydrogen-bond donors (Lipinski definition) is 0. The second-order valence-corrected chi connectivity index (χ2v) is 6.75. The fraction of sp³-hybridized carbons (Fsp3) is 0.583. The first kappa shape index (κ1) is 14.9. The van der Waals surface area contributed by atoms with Crippen molar-refractivity contribution in [2.45, 2.75) is 19.8 Å². The maximum absolute atomic E-state index is 13.7.